The molecule has 9 heteroatoms. The molecule has 0 aliphatic heterocycles. The van der Waals surface area contributed by atoms with E-state index in [0.717, 1.165) is 6.42 Å². The standard InChI is InChI=1S/C19H26N4O4S/c1-11(2)8-9-27-14-7-6-13(10-15(14)26-5)17(24)21-22-18(25)16-12(3)23-28-19(16)20-4/h6-7,10-11,20H,8-9H2,1-5H3,(H,21,24)(H,22,25). The third-order valence-corrected chi connectivity index (χ3v) is 4.94. The van der Waals surface area contributed by atoms with Gasteiger partial charge in [-0.2, -0.15) is 4.37 Å². The molecule has 0 radical (unpaired) electrons. The zero-order chi connectivity index (χ0) is 20.7. The number of carbonyl (C=O) groups excluding carboxylic acids is 2. The molecule has 152 valence electrons. The van der Waals surface area contributed by atoms with Gasteiger partial charge in [0, 0.05) is 12.6 Å². The fourth-order valence-corrected chi connectivity index (χ4v) is 3.13. The fraction of sp³-hybridized carbons (Fsp3) is 0.421. The summed E-state index contributed by atoms with van der Waals surface area (Å²) in [7, 11) is 3.22. The van der Waals surface area contributed by atoms with Gasteiger partial charge in [0.25, 0.3) is 11.8 Å². The van der Waals surface area contributed by atoms with Gasteiger partial charge in [-0.05, 0) is 49.0 Å². The molecule has 8 nitrogen and oxygen atoms in total. The van der Waals surface area contributed by atoms with Crippen molar-refractivity contribution in [3.63, 3.8) is 0 Å². The summed E-state index contributed by atoms with van der Waals surface area (Å²) in [5, 5.41) is 3.55. The number of hydrazine groups is 1. The smallest absolute Gasteiger partial charge is 0.274 e. The number of amides is 2. The number of benzene rings is 1. The van der Waals surface area contributed by atoms with E-state index in [-0.39, 0.29) is 0 Å². The monoisotopic (exact) mass is 406 g/mol. The molecule has 1 aromatic carbocycles. The lowest BCUT2D eigenvalue weighted by Gasteiger charge is -2.13. The maximum Gasteiger partial charge on any atom is 0.274 e. The van der Waals surface area contributed by atoms with Crippen molar-refractivity contribution in [3.05, 3.63) is 35.0 Å². The van der Waals surface area contributed by atoms with Gasteiger partial charge >= 0.3 is 0 Å². The molecule has 0 bridgehead atoms. The van der Waals surface area contributed by atoms with E-state index in [9.17, 15) is 9.59 Å². The van der Waals surface area contributed by atoms with Gasteiger partial charge in [-0.3, -0.25) is 20.4 Å². The summed E-state index contributed by atoms with van der Waals surface area (Å²) in [6, 6.07) is 4.87. The van der Waals surface area contributed by atoms with E-state index in [2.05, 4.69) is 34.4 Å². The van der Waals surface area contributed by atoms with Crippen LogP contribution < -0.4 is 25.6 Å². The second-order valence-corrected chi connectivity index (χ2v) is 7.30. The van der Waals surface area contributed by atoms with E-state index in [1.807, 2.05) is 0 Å². The van der Waals surface area contributed by atoms with Crippen LogP contribution in [-0.2, 0) is 0 Å². The van der Waals surface area contributed by atoms with E-state index >= 15 is 0 Å². The molecule has 0 saturated heterocycles. The third kappa shape index (κ3) is 5.35. The molecule has 0 spiro atoms. The van der Waals surface area contributed by atoms with Gasteiger partial charge in [0.15, 0.2) is 11.5 Å². The van der Waals surface area contributed by atoms with Crippen molar-refractivity contribution in [1.82, 2.24) is 15.2 Å². The molecule has 3 N–H and O–H groups in total. The molecule has 0 atom stereocenters. The molecule has 28 heavy (non-hydrogen) atoms. The van der Waals surface area contributed by atoms with Gasteiger partial charge in [0.05, 0.1) is 25.0 Å². The van der Waals surface area contributed by atoms with Crippen molar-refractivity contribution in [2.45, 2.75) is 27.2 Å². The number of hydrogen-bond acceptors (Lipinski definition) is 7. The summed E-state index contributed by atoms with van der Waals surface area (Å²) in [6.45, 7) is 6.54. The first-order valence-corrected chi connectivity index (χ1v) is 9.70. The number of rotatable bonds is 8. The highest BCUT2D eigenvalue weighted by Gasteiger charge is 2.19. The van der Waals surface area contributed by atoms with Gasteiger partial charge in [-0.25, -0.2) is 0 Å². The summed E-state index contributed by atoms with van der Waals surface area (Å²) in [4.78, 5) is 24.7. The largest absolute Gasteiger partial charge is 0.493 e. The van der Waals surface area contributed by atoms with Crippen LogP contribution in [0.1, 0.15) is 46.7 Å². The first kappa shape index (κ1) is 21.5. The Morgan fingerprint density at radius 1 is 1.18 bits per heavy atom. The molecule has 0 fully saturated rings. The SMILES string of the molecule is CNc1snc(C)c1C(=O)NNC(=O)c1ccc(OCCC(C)C)c(OC)c1. The highest BCUT2D eigenvalue weighted by Crippen LogP contribution is 2.28. The van der Waals surface area contributed by atoms with Gasteiger partial charge in [-0.1, -0.05) is 13.8 Å². The maximum absolute atomic E-state index is 12.4. The molecule has 2 rings (SSSR count). The topological polar surface area (TPSA) is 102 Å². The molecular formula is C19H26N4O4S. The molecule has 0 aliphatic carbocycles. The number of anilines is 1. The average Bonchev–Trinajstić information content (AvgIpc) is 3.06. The summed E-state index contributed by atoms with van der Waals surface area (Å²) in [6.07, 6.45) is 0.920. The molecule has 0 saturated carbocycles. The van der Waals surface area contributed by atoms with Crippen molar-refractivity contribution in [2.24, 2.45) is 5.92 Å². The minimum atomic E-state index is -0.466. The number of carbonyl (C=O) groups is 2. The van der Waals surface area contributed by atoms with Gasteiger partial charge < -0.3 is 14.8 Å². The van der Waals surface area contributed by atoms with Crippen LogP contribution in [0.4, 0.5) is 5.00 Å². The lowest BCUT2D eigenvalue weighted by atomic mass is 10.1. The van der Waals surface area contributed by atoms with Gasteiger partial charge in [0.2, 0.25) is 0 Å². The summed E-state index contributed by atoms with van der Waals surface area (Å²) in [5.74, 6) is 0.655. The lowest BCUT2D eigenvalue weighted by Crippen LogP contribution is -2.41. The Balaban J connectivity index is 2.01. The zero-order valence-electron chi connectivity index (χ0n) is 16.7. The lowest BCUT2D eigenvalue weighted by molar-refractivity contribution is 0.0846. The number of methoxy groups -OCH3 is 1. The van der Waals surface area contributed by atoms with Crippen molar-refractivity contribution < 1.29 is 19.1 Å². The Bertz CT molecular complexity index is 835. The van der Waals surface area contributed by atoms with Crippen LogP contribution in [0.3, 0.4) is 0 Å². The Morgan fingerprint density at radius 3 is 2.54 bits per heavy atom. The van der Waals surface area contributed by atoms with Crippen molar-refractivity contribution in [1.29, 1.82) is 0 Å². The second-order valence-electron chi connectivity index (χ2n) is 6.53. The van der Waals surface area contributed by atoms with Crippen LogP contribution in [0.2, 0.25) is 0 Å². The van der Waals surface area contributed by atoms with Crippen LogP contribution >= 0.6 is 11.5 Å². The van der Waals surface area contributed by atoms with E-state index in [4.69, 9.17) is 9.47 Å². The Kier molecular flexibility index (Phi) is 7.62. The van der Waals surface area contributed by atoms with Gasteiger partial charge in [-0.15, -0.1) is 0 Å². The molecular weight excluding hydrogens is 380 g/mol. The molecule has 2 aromatic rings. The predicted octanol–water partition coefficient (Wildman–Crippen LogP) is 3.00. The van der Waals surface area contributed by atoms with E-state index < -0.39 is 11.8 Å². The number of hydrogen-bond donors (Lipinski definition) is 3. The minimum Gasteiger partial charge on any atom is -0.493 e. The number of ether oxygens (including phenoxy) is 2. The van der Waals surface area contributed by atoms with E-state index in [0.29, 0.717) is 45.8 Å². The molecule has 0 unspecified atom stereocenters. The molecule has 1 heterocycles. The summed E-state index contributed by atoms with van der Waals surface area (Å²) < 4.78 is 15.2. The number of aromatic nitrogens is 1. The van der Waals surface area contributed by atoms with Crippen molar-refractivity contribution in [2.75, 3.05) is 26.1 Å². The second kappa shape index (κ2) is 9.93. The molecule has 1 aromatic heterocycles. The van der Waals surface area contributed by atoms with E-state index in [1.54, 1.807) is 32.2 Å². The number of nitrogens with zero attached hydrogens (tertiary/aromatic N) is 1. The number of aryl methyl sites for hydroxylation is 1. The zero-order valence-corrected chi connectivity index (χ0v) is 17.5. The van der Waals surface area contributed by atoms with E-state index in [1.165, 1.54) is 18.6 Å². The highest BCUT2D eigenvalue weighted by atomic mass is 32.1. The van der Waals surface area contributed by atoms with Crippen LogP contribution in [0.5, 0.6) is 11.5 Å². The van der Waals surface area contributed by atoms with Crippen LogP contribution in [0.15, 0.2) is 18.2 Å². The third-order valence-electron chi connectivity index (χ3n) is 3.98. The van der Waals surface area contributed by atoms with Crippen LogP contribution in [0.25, 0.3) is 0 Å². The molecule has 0 aliphatic rings. The Hall–Kier alpha value is -2.81. The average molecular weight is 407 g/mol. The summed E-state index contributed by atoms with van der Waals surface area (Å²) >= 11 is 1.18. The highest BCUT2D eigenvalue weighted by molar-refractivity contribution is 7.10. The van der Waals surface area contributed by atoms with Gasteiger partial charge in [0.1, 0.15) is 5.00 Å². The predicted molar refractivity (Wildman–Crippen MR) is 109 cm³/mol. The van der Waals surface area contributed by atoms with Crippen LogP contribution in [-0.4, -0.2) is 37.0 Å². The minimum absolute atomic E-state index is 0.336. The quantitative estimate of drug-likeness (QED) is 0.583. The fourth-order valence-electron chi connectivity index (χ4n) is 2.39. The first-order valence-electron chi connectivity index (χ1n) is 8.92. The summed E-state index contributed by atoms with van der Waals surface area (Å²) in [5.41, 5.74) is 6.15. The Morgan fingerprint density at radius 2 is 1.89 bits per heavy atom. The first-order chi connectivity index (χ1) is 13.4. The Labute approximate surface area is 168 Å². The van der Waals surface area contributed by atoms with Crippen molar-refractivity contribution >= 4 is 28.3 Å². The van der Waals surface area contributed by atoms with Crippen molar-refractivity contribution in [3.8, 4) is 11.5 Å². The van der Waals surface area contributed by atoms with Crippen LogP contribution in [0, 0.1) is 12.8 Å². The normalized spacial score (nSPS) is 10.5. The number of nitrogens with one attached hydrogen (secondary N) is 3. The molecule has 2 amide bonds. The maximum atomic E-state index is 12.4.